The van der Waals surface area contributed by atoms with Crippen LogP contribution in [0.5, 0.6) is 0 Å². The zero-order valence-corrected chi connectivity index (χ0v) is 12.3. The summed E-state index contributed by atoms with van der Waals surface area (Å²) in [7, 11) is 0. The van der Waals surface area contributed by atoms with Crippen LogP contribution in [-0.2, 0) is 4.79 Å². The summed E-state index contributed by atoms with van der Waals surface area (Å²) >= 11 is 0. The summed E-state index contributed by atoms with van der Waals surface area (Å²) in [6, 6.07) is 9.74. The number of carboxylic acids is 1. The molecule has 0 amide bonds. The van der Waals surface area contributed by atoms with E-state index in [-0.39, 0.29) is 5.41 Å². The molecule has 0 heterocycles. The summed E-state index contributed by atoms with van der Waals surface area (Å²) in [5.41, 5.74) is 0.576. The molecule has 106 valence electrons. The minimum Gasteiger partial charge on any atom is -0.481 e. The van der Waals surface area contributed by atoms with Gasteiger partial charge >= 0.3 is 5.97 Å². The Morgan fingerprint density at radius 1 is 1.15 bits per heavy atom. The molecule has 1 fully saturated rings. The van der Waals surface area contributed by atoms with Crippen LogP contribution in [0.2, 0.25) is 0 Å². The van der Waals surface area contributed by atoms with Gasteiger partial charge < -0.3 is 5.11 Å². The number of aliphatic carboxylic acids is 1. The van der Waals surface area contributed by atoms with Gasteiger partial charge in [0.05, 0.1) is 5.41 Å². The van der Waals surface area contributed by atoms with Crippen molar-refractivity contribution >= 4 is 5.97 Å². The van der Waals surface area contributed by atoms with Crippen LogP contribution in [0, 0.1) is 22.7 Å². The Labute approximate surface area is 121 Å². The van der Waals surface area contributed by atoms with E-state index in [1.165, 1.54) is 0 Å². The third kappa shape index (κ3) is 3.42. The van der Waals surface area contributed by atoms with E-state index >= 15 is 0 Å². The van der Waals surface area contributed by atoms with Crippen LogP contribution < -0.4 is 0 Å². The first-order chi connectivity index (χ1) is 9.44. The predicted octanol–water partition coefficient (Wildman–Crippen LogP) is 4.10. The minimum absolute atomic E-state index is 0.270. The van der Waals surface area contributed by atoms with E-state index in [0.717, 1.165) is 31.2 Å². The summed E-state index contributed by atoms with van der Waals surface area (Å²) in [5.74, 6) is 5.48. The highest BCUT2D eigenvalue weighted by Crippen LogP contribution is 2.46. The molecular weight excluding hydrogens is 248 g/mol. The van der Waals surface area contributed by atoms with Crippen molar-refractivity contribution in [1.82, 2.24) is 0 Å². The van der Waals surface area contributed by atoms with Crippen molar-refractivity contribution in [2.45, 2.75) is 46.0 Å². The van der Waals surface area contributed by atoms with E-state index in [1.54, 1.807) is 0 Å². The molecule has 20 heavy (non-hydrogen) atoms. The number of hydrogen-bond donors (Lipinski definition) is 1. The van der Waals surface area contributed by atoms with Crippen molar-refractivity contribution in [2.24, 2.45) is 10.8 Å². The Morgan fingerprint density at radius 3 is 2.30 bits per heavy atom. The Morgan fingerprint density at radius 2 is 1.75 bits per heavy atom. The van der Waals surface area contributed by atoms with Crippen LogP contribution in [-0.4, -0.2) is 11.1 Å². The maximum absolute atomic E-state index is 11.7. The van der Waals surface area contributed by atoms with Crippen molar-refractivity contribution in [3.05, 3.63) is 35.9 Å². The maximum Gasteiger partial charge on any atom is 0.310 e. The maximum atomic E-state index is 11.7. The molecule has 1 N–H and O–H groups in total. The molecule has 2 nitrogen and oxygen atoms in total. The largest absolute Gasteiger partial charge is 0.481 e. The first-order valence-electron chi connectivity index (χ1n) is 7.21. The molecule has 0 bridgehead atoms. The third-order valence-corrected chi connectivity index (χ3v) is 4.45. The van der Waals surface area contributed by atoms with Crippen molar-refractivity contribution in [1.29, 1.82) is 0 Å². The van der Waals surface area contributed by atoms with Gasteiger partial charge in [-0.25, -0.2) is 0 Å². The molecule has 0 spiro atoms. The number of carbonyl (C=O) groups is 1. The van der Waals surface area contributed by atoms with E-state index in [1.807, 2.05) is 30.3 Å². The van der Waals surface area contributed by atoms with E-state index < -0.39 is 11.4 Å². The highest BCUT2D eigenvalue weighted by Gasteiger charge is 2.43. The minimum atomic E-state index is -0.685. The fourth-order valence-corrected chi connectivity index (χ4v) is 2.71. The van der Waals surface area contributed by atoms with Gasteiger partial charge in [0.2, 0.25) is 0 Å². The van der Waals surface area contributed by atoms with Crippen LogP contribution >= 0.6 is 0 Å². The molecule has 0 aromatic heterocycles. The van der Waals surface area contributed by atoms with E-state index in [2.05, 4.69) is 25.7 Å². The molecule has 0 aliphatic heterocycles. The Bertz CT molecular complexity index is 522. The second kappa shape index (κ2) is 5.71. The van der Waals surface area contributed by atoms with Crippen LogP contribution in [0.1, 0.15) is 51.5 Å². The summed E-state index contributed by atoms with van der Waals surface area (Å²) in [5, 5.41) is 9.59. The first-order valence-corrected chi connectivity index (χ1v) is 7.21. The zero-order valence-electron chi connectivity index (χ0n) is 12.3. The molecule has 0 atom stereocenters. The van der Waals surface area contributed by atoms with Gasteiger partial charge in [0.1, 0.15) is 0 Å². The van der Waals surface area contributed by atoms with Gasteiger partial charge in [-0.3, -0.25) is 4.79 Å². The molecular formula is C18H22O2. The van der Waals surface area contributed by atoms with Gasteiger partial charge in [-0.2, -0.15) is 0 Å². The zero-order chi connectivity index (χ0) is 14.6. The van der Waals surface area contributed by atoms with Crippen LogP contribution in [0.3, 0.4) is 0 Å². The molecule has 2 rings (SSSR count). The molecule has 1 saturated carbocycles. The quantitative estimate of drug-likeness (QED) is 0.821. The fraction of sp³-hybridized carbons (Fsp3) is 0.500. The van der Waals surface area contributed by atoms with Crippen molar-refractivity contribution < 1.29 is 9.90 Å². The lowest BCUT2D eigenvalue weighted by atomic mass is 9.64. The standard InChI is InChI=1S/C18H22O2/c1-17(2)11-13-18(14-12-17,16(19)20)10-6-9-15-7-4-3-5-8-15/h3-5,7-8H,10-14H2,1-2H3,(H,19,20). The van der Waals surface area contributed by atoms with Gasteiger partial charge in [0, 0.05) is 12.0 Å². The van der Waals surface area contributed by atoms with Crippen molar-refractivity contribution in [2.75, 3.05) is 0 Å². The number of benzene rings is 1. The molecule has 1 aromatic carbocycles. The second-order valence-corrected chi connectivity index (χ2v) is 6.59. The van der Waals surface area contributed by atoms with E-state index in [4.69, 9.17) is 0 Å². The monoisotopic (exact) mass is 270 g/mol. The van der Waals surface area contributed by atoms with Gasteiger partial charge in [0.25, 0.3) is 0 Å². The summed E-state index contributed by atoms with van der Waals surface area (Å²) in [6.45, 7) is 4.43. The van der Waals surface area contributed by atoms with Gasteiger partial charge in [0.15, 0.2) is 0 Å². The van der Waals surface area contributed by atoms with Crippen LogP contribution in [0.4, 0.5) is 0 Å². The lowest BCUT2D eigenvalue weighted by molar-refractivity contribution is -0.152. The Kier molecular flexibility index (Phi) is 4.18. The number of carboxylic acid groups (broad SMARTS) is 1. The first kappa shape index (κ1) is 14.7. The third-order valence-electron chi connectivity index (χ3n) is 4.45. The molecule has 0 saturated heterocycles. The van der Waals surface area contributed by atoms with Crippen LogP contribution in [0.15, 0.2) is 30.3 Å². The molecule has 0 unspecified atom stereocenters. The second-order valence-electron chi connectivity index (χ2n) is 6.59. The predicted molar refractivity (Wildman–Crippen MR) is 80.3 cm³/mol. The van der Waals surface area contributed by atoms with Gasteiger partial charge in [-0.15, -0.1) is 0 Å². The SMILES string of the molecule is CC1(C)CCC(CC#Cc2ccccc2)(C(=O)O)CC1. The molecule has 1 aliphatic carbocycles. The Balaban J connectivity index is 2.08. The summed E-state index contributed by atoms with van der Waals surface area (Å²) in [4.78, 5) is 11.7. The van der Waals surface area contributed by atoms with Crippen LogP contribution in [0.25, 0.3) is 0 Å². The topological polar surface area (TPSA) is 37.3 Å². The van der Waals surface area contributed by atoms with Crippen molar-refractivity contribution in [3.63, 3.8) is 0 Å². The van der Waals surface area contributed by atoms with Crippen molar-refractivity contribution in [3.8, 4) is 11.8 Å². The average Bonchev–Trinajstić information content (AvgIpc) is 2.42. The normalized spacial score (nSPS) is 19.7. The lowest BCUT2D eigenvalue weighted by Crippen LogP contribution is -2.37. The number of hydrogen-bond acceptors (Lipinski definition) is 1. The lowest BCUT2D eigenvalue weighted by Gasteiger charge is -2.39. The van der Waals surface area contributed by atoms with E-state index in [9.17, 15) is 9.90 Å². The van der Waals surface area contributed by atoms with Gasteiger partial charge in [-0.1, -0.05) is 43.9 Å². The molecule has 1 aromatic rings. The summed E-state index contributed by atoms with van der Waals surface area (Å²) in [6.07, 6.45) is 3.85. The highest BCUT2D eigenvalue weighted by atomic mass is 16.4. The van der Waals surface area contributed by atoms with Gasteiger partial charge in [-0.05, 0) is 43.2 Å². The fourth-order valence-electron chi connectivity index (χ4n) is 2.71. The molecule has 2 heteroatoms. The molecule has 1 aliphatic rings. The highest BCUT2D eigenvalue weighted by molar-refractivity contribution is 5.75. The average molecular weight is 270 g/mol. The smallest absolute Gasteiger partial charge is 0.310 e. The molecule has 0 radical (unpaired) electrons. The van der Waals surface area contributed by atoms with E-state index in [0.29, 0.717) is 6.42 Å². The summed E-state index contributed by atoms with van der Waals surface area (Å²) < 4.78 is 0. The number of rotatable bonds is 2. The Hall–Kier alpha value is -1.75.